The minimum atomic E-state index is -2.95. The number of carbonyl (C=O) groups is 2. The van der Waals surface area contributed by atoms with Gasteiger partial charge in [0.1, 0.15) is 6.61 Å². The topological polar surface area (TPSA) is 52.6 Å². The number of methoxy groups -OCH3 is 1. The second kappa shape index (κ2) is 3.75. The van der Waals surface area contributed by atoms with Crippen LogP contribution in [0.4, 0.5) is 8.78 Å². The van der Waals surface area contributed by atoms with Gasteiger partial charge >= 0.3 is 11.9 Å². The van der Waals surface area contributed by atoms with E-state index in [4.69, 9.17) is 0 Å². The van der Waals surface area contributed by atoms with Crippen molar-refractivity contribution in [1.82, 2.24) is 0 Å². The Morgan fingerprint density at radius 3 is 2.27 bits per heavy atom. The van der Waals surface area contributed by atoms with E-state index in [1.54, 1.807) is 0 Å². The second-order valence-corrected chi connectivity index (χ2v) is 3.69. The molecule has 1 unspecified atom stereocenters. The van der Waals surface area contributed by atoms with Gasteiger partial charge in [-0.1, -0.05) is 0 Å². The third-order valence-electron chi connectivity index (χ3n) is 2.47. The van der Waals surface area contributed by atoms with E-state index in [9.17, 15) is 18.4 Å². The predicted molar refractivity (Wildman–Crippen MR) is 45.3 cm³/mol. The molecule has 1 atom stereocenters. The Hall–Kier alpha value is -1.20. The molecule has 1 fully saturated rings. The Labute approximate surface area is 85.5 Å². The quantitative estimate of drug-likeness (QED) is 0.669. The third kappa shape index (κ3) is 2.43. The van der Waals surface area contributed by atoms with Crippen LogP contribution in [-0.4, -0.2) is 31.6 Å². The van der Waals surface area contributed by atoms with Gasteiger partial charge in [-0.05, 0) is 0 Å². The Kier molecular flexibility index (Phi) is 2.97. The minimum absolute atomic E-state index is 0.427. The van der Waals surface area contributed by atoms with Crippen LogP contribution < -0.4 is 0 Å². The average molecular weight is 222 g/mol. The van der Waals surface area contributed by atoms with Crippen molar-refractivity contribution in [2.24, 2.45) is 5.41 Å². The molecule has 0 aromatic carbocycles. The molecule has 0 aromatic rings. The maximum atomic E-state index is 13.0. The summed E-state index contributed by atoms with van der Waals surface area (Å²) in [6.45, 7) is 0.691. The molecule has 0 aromatic heterocycles. The fraction of sp³-hybridized carbons (Fsp3) is 0.778. The van der Waals surface area contributed by atoms with Crippen LogP contribution in [0.5, 0.6) is 0 Å². The van der Waals surface area contributed by atoms with E-state index in [0.717, 1.165) is 14.0 Å². The Balaban J connectivity index is 2.58. The molecule has 0 spiro atoms. The van der Waals surface area contributed by atoms with E-state index < -0.39 is 42.7 Å². The summed E-state index contributed by atoms with van der Waals surface area (Å²) in [4.78, 5) is 21.4. The molecule has 4 nitrogen and oxygen atoms in total. The highest BCUT2D eigenvalue weighted by atomic mass is 19.3. The maximum absolute atomic E-state index is 13.0. The number of esters is 2. The van der Waals surface area contributed by atoms with Crippen LogP contribution in [0, 0.1) is 5.41 Å². The van der Waals surface area contributed by atoms with Gasteiger partial charge in [-0.25, -0.2) is 8.78 Å². The van der Waals surface area contributed by atoms with Crippen molar-refractivity contribution in [2.75, 3.05) is 13.7 Å². The first-order valence-electron chi connectivity index (χ1n) is 4.41. The molecule has 0 N–H and O–H groups in total. The molecular formula is C9H12F2O4. The van der Waals surface area contributed by atoms with Crippen LogP contribution in [-0.2, 0) is 19.1 Å². The third-order valence-corrected chi connectivity index (χ3v) is 2.47. The summed E-state index contributed by atoms with van der Waals surface area (Å²) in [6, 6.07) is 0. The number of carbonyl (C=O) groups excluding carboxylic acids is 2. The highest BCUT2D eigenvalue weighted by Crippen LogP contribution is 2.62. The van der Waals surface area contributed by atoms with Crippen LogP contribution in [0.3, 0.4) is 0 Å². The SMILES string of the molecule is COC(=O)CC1(COC(C)=O)CC1(F)F. The number of hydrogen-bond donors (Lipinski definition) is 0. The van der Waals surface area contributed by atoms with Crippen LogP contribution >= 0.6 is 0 Å². The number of alkyl halides is 2. The van der Waals surface area contributed by atoms with Crippen molar-refractivity contribution < 1.29 is 27.8 Å². The normalized spacial score (nSPS) is 26.9. The van der Waals surface area contributed by atoms with Crippen LogP contribution in [0.2, 0.25) is 0 Å². The van der Waals surface area contributed by atoms with Crippen molar-refractivity contribution in [3.8, 4) is 0 Å². The van der Waals surface area contributed by atoms with Crippen LogP contribution in [0.1, 0.15) is 19.8 Å². The summed E-state index contributed by atoms with van der Waals surface area (Å²) in [5.41, 5.74) is -1.55. The van der Waals surface area contributed by atoms with Gasteiger partial charge in [0.25, 0.3) is 5.92 Å². The van der Waals surface area contributed by atoms with Gasteiger partial charge in [0.05, 0.1) is 18.9 Å². The molecular weight excluding hydrogens is 210 g/mol. The summed E-state index contributed by atoms with van der Waals surface area (Å²) < 4.78 is 34.8. The van der Waals surface area contributed by atoms with E-state index in [0.29, 0.717) is 0 Å². The van der Waals surface area contributed by atoms with E-state index >= 15 is 0 Å². The molecule has 1 saturated carbocycles. The summed E-state index contributed by atoms with van der Waals surface area (Å²) in [5, 5.41) is 0. The molecule has 0 heterocycles. The highest BCUT2D eigenvalue weighted by Gasteiger charge is 2.72. The first kappa shape index (κ1) is 11.9. The lowest BCUT2D eigenvalue weighted by atomic mass is 10.0. The average Bonchev–Trinajstić information content (AvgIpc) is 2.65. The molecule has 0 aliphatic heterocycles. The maximum Gasteiger partial charge on any atom is 0.306 e. The fourth-order valence-electron chi connectivity index (χ4n) is 1.37. The zero-order valence-corrected chi connectivity index (χ0v) is 8.51. The molecule has 1 aliphatic carbocycles. The van der Waals surface area contributed by atoms with Gasteiger partial charge in [0, 0.05) is 13.3 Å². The number of halogens is 2. The van der Waals surface area contributed by atoms with E-state index in [2.05, 4.69) is 9.47 Å². The van der Waals surface area contributed by atoms with Gasteiger partial charge in [-0.2, -0.15) is 0 Å². The van der Waals surface area contributed by atoms with Crippen LogP contribution in [0.25, 0.3) is 0 Å². The molecule has 0 saturated heterocycles. The van der Waals surface area contributed by atoms with Crippen LogP contribution in [0.15, 0.2) is 0 Å². The smallest absolute Gasteiger partial charge is 0.306 e. The predicted octanol–water partition coefficient (Wildman–Crippen LogP) is 1.14. The zero-order chi connectivity index (χ0) is 11.7. The molecule has 1 aliphatic rings. The summed E-state index contributed by atoms with van der Waals surface area (Å²) >= 11 is 0. The van der Waals surface area contributed by atoms with Gasteiger partial charge in [0.15, 0.2) is 0 Å². The van der Waals surface area contributed by atoms with E-state index in [-0.39, 0.29) is 0 Å². The molecule has 0 bridgehead atoms. The largest absolute Gasteiger partial charge is 0.469 e. The lowest BCUT2D eigenvalue weighted by molar-refractivity contribution is -0.150. The van der Waals surface area contributed by atoms with Gasteiger partial charge < -0.3 is 9.47 Å². The van der Waals surface area contributed by atoms with Gasteiger partial charge in [-0.15, -0.1) is 0 Å². The van der Waals surface area contributed by atoms with Crippen molar-refractivity contribution in [1.29, 1.82) is 0 Å². The molecule has 0 amide bonds. The van der Waals surface area contributed by atoms with Gasteiger partial charge in [0.2, 0.25) is 0 Å². The number of rotatable bonds is 4. The fourth-order valence-corrected chi connectivity index (χ4v) is 1.37. The lowest BCUT2D eigenvalue weighted by Gasteiger charge is -2.14. The monoisotopic (exact) mass is 222 g/mol. The molecule has 1 rings (SSSR count). The van der Waals surface area contributed by atoms with Crippen molar-refractivity contribution in [3.05, 3.63) is 0 Å². The summed E-state index contributed by atoms with van der Waals surface area (Å²) in [6.07, 6.45) is -0.869. The highest BCUT2D eigenvalue weighted by molar-refractivity contribution is 5.71. The number of hydrogen-bond acceptors (Lipinski definition) is 4. The second-order valence-electron chi connectivity index (χ2n) is 3.69. The summed E-state index contributed by atoms with van der Waals surface area (Å²) in [5.74, 6) is -4.31. The Bertz CT molecular complexity index is 290. The molecule has 6 heteroatoms. The van der Waals surface area contributed by atoms with E-state index in [1.165, 1.54) is 0 Å². The van der Waals surface area contributed by atoms with E-state index in [1.807, 2.05) is 0 Å². The van der Waals surface area contributed by atoms with Crippen molar-refractivity contribution in [3.63, 3.8) is 0 Å². The van der Waals surface area contributed by atoms with Gasteiger partial charge in [-0.3, -0.25) is 9.59 Å². The molecule has 86 valence electrons. The first-order chi connectivity index (χ1) is 6.83. The minimum Gasteiger partial charge on any atom is -0.469 e. The standard InChI is InChI=1S/C9H12F2O4/c1-6(12)15-5-8(3-7(13)14-2)4-9(8,10)11/h3-5H2,1-2H3. The van der Waals surface area contributed by atoms with Crippen molar-refractivity contribution in [2.45, 2.75) is 25.7 Å². The first-order valence-corrected chi connectivity index (χ1v) is 4.41. The Morgan fingerprint density at radius 2 is 1.93 bits per heavy atom. The summed E-state index contributed by atoms with van der Waals surface area (Å²) in [7, 11) is 1.13. The Morgan fingerprint density at radius 1 is 1.40 bits per heavy atom. The van der Waals surface area contributed by atoms with Crippen molar-refractivity contribution >= 4 is 11.9 Å². The molecule has 15 heavy (non-hydrogen) atoms. The zero-order valence-electron chi connectivity index (χ0n) is 8.51. The molecule has 0 radical (unpaired) electrons. The lowest BCUT2D eigenvalue weighted by Crippen LogP contribution is -2.24. The number of ether oxygens (including phenoxy) is 2.